The predicted octanol–water partition coefficient (Wildman–Crippen LogP) is 4.33. The maximum atomic E-state index is 5.73. The second-order valence-electron chi connectivity index (χ2n) is 3.60. The molecule has 0 radical (unpaired) electrons. The number of anilines is 1. The maximum Gasteiger partial charge on any atom is 0.0325 e. The number of halogens is 1. The molecule has 0 aromatic heterocycles. The van der Waals surface area contributed by atoms with E-state index in [1.165, 1.54) is 18.9 Å². The number of hydrogen-bond acceptors (Lipinski definition) is 2. The normalized spacial score (nSPS) is 10.4. The molecule has 16 heavy (non-hydrogen) atoms. The monoisotopic (exact) mass is 341 g/mol. The van der Waals surface area contributed by atoms with Gasteiger partial charge in [-0.1, -0.05) is 29.5 Å². The van der Waals surface area contributed by atoms with Crippen LogP contribution in [0.2, 0.25) is 0 Å². The molecule has 0 amide bonds. The van der Waals surface area contributed by atoms with E-state index in [1.54, 1.807) is 11.8 Å². The van der Waals surface area contributed by atoms with Crippen molar-refractivity contribution in [2.45, 2.75) is 16.7 Å². The Balaban J connectivity index is 2.23. The van der Waals surface area contributed by atoms with Gasteiger partial charge in [0.15, 0.2) is 0 Å². The van der Waals surface area contributed by atoms with Gasteiger partial charge in [-0.15, -0.1) is 0 Å². The van der Waals surface area contributed by atoms with Crippen molar-refractivity contribution in [1.29, 1.82) is 0 Å². The van der Waals surface area contributed by atoms with Crippen LogP contribution in [0.25, 0.3) is 0 Å². The summed E-state index contributed by atoms with van der Waals surface area (Å²) in [5.74, 6) is 0. The number of rotatable bonds is 2. The van der Waals surface area contributed by atoms with Gasteiger partial charge in [0, 0.05) is 19.0 Å². The molecule has 0 aliphatic heterocycles. The van der Waals surface area contributed by atoms with E-state index in [0.717, 1.165) is 5.69 Å². The van der Waals surface area contributed by atoms with Crippen LogP contribution in [0, 0.1) is 10.5 Å². The Kier molecular flexibility index (Phi) is 3.76. The summed E-state index contributed by atoms with van der Waals surface area (Å²) < 4.78 is 1.20. The fourth-order valence-electron chi connectivity index (χ4n) is 1.33. The fraction of sp³-hybridized carbons (Fsp3) is 0.0769. The highest BCUT2D eigenvalue weighted by Gasteiger charge is 2.02. The second kappa shape index (κ2) is 5.10. The first-order valence-electron chi connectivity index (χ1n) is 4.95. The molecule has 2 rings (SSSR count). The molecule has 0 aliphatic rings. The molecule has 3 heteroatoms. The van der Waals surface area contributed by atoms with Crippen LogP contribution < -0.4 is 5.73 Å². The van der Waals surface area contributed by atoms with E-state index in [4.69, 9.17) is 5.73 Å². The highest BCUT2D eigenvalue weighted by molar-refractivity contribution is 14.1. The smallest absolute Gasteiger partial charge is 0.0325 e. The minimum atomic E-state index is 0.817. The molecule has 1 nitrogen and oxygen atoms in total. The van der Waals surface area contributed by atoms with Gasteiger partial charge in [0.2, 0.25) is 0 Å². The summed E-state index contributed by atoms with van der Waals surface area (Å²) in [7, 11) is 0. The van der Waals surface area contributed by atoms with E-state index >= 15 is 0 Å². The van der Waals surface area contributed by atoms with E-state index in [0.29, 0.717) is 0 Å². The Morgan fingerprint density at radius 3 is 2.38 bits per heavy atom. The highest BCUT2D eigenvalue weighted by Crippen LogP contribution is 2.32. The van der Waals surface area contributed by atoms with Gasteiger partial charge in [-0.2, -0.15) is 0 Å². The molecular formula is C13H12INS. The molecule has 2 aromatic rings. The third-order valence-electron chi connectivity index (χ3n) is 2.20. The van der Waals surface area contributed by atoms with E-state index in [2.05, 4.69) is 59.8 Å². The van der Waals surface area contributed by atoms with E-state index in [1.807, 2.05) is 12.1 Å². The SMILES string of the molecule is Cc1ccc(Sc2ccc(N)cc2I)cc1. The molecule has 0 saturated carbocycles. The Morgan fingerprint density at radius 1 is 1.06 bits per heavy atom. The van der Waals surface area contributed by atoms with Crippen molar-refractivity contribution >= 4 is 40.0 Å². The average Bonchev–Trinajstić information content (AvgIpc) is 2.25. The first-order valence-corrected chi connectivity index (χ1v) is 6.84. The number of nitrogens with two attached hydrogens (primary N) is 1. The Bertz CT molecular complexity index is 494. The molecule has 0 atom stereocenters. The van der Waals surface area contributed by atoms with E-state index < -0.39 is 0 Å². The van der Waals surface area contributed by atoms with Gasteiger partial charge in [0.05, 0.1) is 0 Å². The zero-order chi connectivity index (χ0) is 11.5. The van der Waals surface area contributed by atoms with Crippen LogP contribution >= 0.6 is 34.4 Å². The van der Waals surface area contributed by atoms with Crippen molar-refractivity contribution in [2.24, 2.45) is 0 Å². The van der Waals surface area contributed by atoms with Crippen LogP contribution in [0.4, 0.5) is 5.69 Å². The Labute approximate surface area is 114 Å². The number of aryl methyl sites for hydroxylation is 1. The second-order valence-corrected chi connectivity index (χ2v) is 5.88. The summed E-state index contributed by atoms with van der Waals surface area (Å²) in [5.41, 5.74) is 7.83. The molecule has 0 spiro atoms. The molecule has 0 fully saturated rings. The van der Waals surface area contributed by atoms with Gasteiger partial charge in [-0.3, -0.25) is 0 Å². The first kappa shape index (κ1) is 11.8. The quantitative estimate of drug-likeness (QED) is 0.650. The van der Waals surface area contributed by atoms with Crippen LogP contribution in [0.1, 0.15) is 5.56 Å². The largest absolute Gasteiger partial charge is 0.399 e. The molecule has 82 valence electrons. The summed E-state index contributed by atoms with van der Waals surface area (Å²) in [6.45, 7) is 2.10. The Morgan fingerprint density at radius 2 is 1.75 bits per heavy atom. The zero-order valence-electron chi connectivity index (χ0n) is 8.91. The van der Waals surface area contributed by atoms with Gasteiger partial charge < -0.3 is 5.73 Å². The molecular weight excluding hydrogens is 329 g/mol. The van der Waals surface area contributed by atoms with E-state index in [9.17, 15) is 0 Å². The van der Waals surface area contributed by atoms with Crippen molar-refractivity contribution in [1.82, 2.24) is 0 Å². The summed E-state index contributed by atoms with van der Waals surface area (Å²) in [6.07, 6.45) is 0. The third-order valence-corrected chi connectivity index (χ3v) is 4.55. The van der Waals surface area contributed by atoms with Crippen LogP contribution in [-0.4, -0.2) is 0 Å². The fourth-order valence-corrected chi connectivity index (χ4v) is 3.02. The lowest BCUT2D eigenvalue weighted by Gasteiger charge is -2.05. The van der Waals surface area contributed by atoms with Crippen molar-refractivity contribution < 1.29 is 0 Å². The minimum absolute atomic E-state index is 0.817. The maximum absolute atomic E-state index is 5.73. The highest BCUT2D eigenvalue weighted by atomic mass is 127. The van der Waals surface area contributed by atoms with Crippen molar-refractivity contribution in [3.63, 3.8) is 0 Å². The summed E-state index contributed by atoms with van der Waals surface area (Å²) in [6, 6.07) is 14.6. The molecule has 0 aliphatic carbocycles. The van der Waals surface area contributed by atoms with Crippen LogP contribution in [-0.2, 0) is 0 Å². The molecule has 2 aromatic carbocycles. The van der Waals surface area contributed by atoms with Crippen LogP contribution in [0.5, 0.6) is 0 Å². The lowest BCUT2D eigenvalue weighted by molar-refractivity contribution is 1.35. The number of hydrogen-bond donors (Lipinski definition) is 1. The minimum Gasteiger partial charge on any atom is -0.399 e. The van der Waals surface area contributed by atoms with Gasteiger partial charge in [-0.25, -0.2) is 0 Å². The van der Waals surface area contributed by atoms with E-state index in [-0.39, 0.29) is 0 Å². The molecule has 0 heterocycles. The van der Waals surface area contributed by atoms with Gasteiger partial charge in [0.1, 0.15) is 0 Å². The molecule has 0 unspecified atom stereocenters. The summed E-state index contributed by atoms with van der Waals surface area (Å²) >= 11 is 4.09. The zero-order valence-corrected chi connectivity index (χ0v) is 11.9. The van der Waals surface area contributed by atoms with Crippen LogP contribution in [0.3, 0.4) is 0 Å². The number of benzene rings is 2. The van der Waals surface area contributed by atoms with Crippen molar-refractivity contribution in [3.8, 4) is 0 Å². The third kappa shape index (κ3) is 2.92. The first-order chi connectivity index (χ1) is 7.65. The number of nitrogen functional groups attached to an aromatic ring is 1. The summed E-state index contributed by atoms with van der Waals surface area (Å²) in [5, 5.41) is 0. The van der Waals surface area contributed by atoms with Gasteiger partial charge in [0.25, 0.3) is 0 Å². The summed E-state index contributed by atoms with van der Waals surface area (Å²) in [4.78, 5) is 2.51. The van der Waals surface area contributed by atoms with Crippen molar-refractivity contribution in [3.05, 3.63) is 51.6 Å². The average molecular weight is 341 g/mol. The molecule has 0 saturated heterocycles. The Hall–Kier alpha value is -0.680. The topological polar surface area (TPSA) is 26.0 Å². The van der Waals surface area contributed by atoms with Gasteiger partial charge >= 0.3 is 0 Å². The molecule has 0 bridgehead atoms. The lowest BCUT2D eigenvalue weighted by atomic mass is 10.2. The molecule has 2 N–H and O–H groups in total. The standard InChI is InChI=1S/C13H12INS/c1-9-2-5-11(6-3-9)16-13-7-4-10(15)8-12(13)14/h2-8H,15H2,1H3. The predicted molar refractivity (Wildman–Crippen MR) is 78.9 cm³/mol. The van der Waals surface area contributed by atoms with Crippen molar-refractivity contribution in [2.75, 3.05) is 5.73 Å². The van der Waals surface area contributed by atoms with Gasteiger partial charge in [-0.05, 0) is 59.8 Å². The van der Waals surface area contributed by atoms with Crippen LogP contribution in [0.15, 0.2) is 52.3 Å². The lowest BCUT2D eigenvalue weighted by Crippen LogP contribution is -1.86.